The molecule has 0 aromatic rings. The van der Waals surface area contributed by atoms with E-state index >= 15 is 0 Å². The molecule has 11 N–H and O–H groups in total. The number of rotatable bonds is 7. The topological polar surface area (TPSA) is 185 Å². The molecule has 7 aliphatic rings. The maximum absolute atomic E-state index is 13.0. The average molecular weight is 626 g/mol. The highest BCUT2D eigenvalue weighted by Gasteiger charge is 2.52. The standard InChI is InChI=1S/C26H44N10O4S2/c27-14-3-1-2-4-15(14)32-26-34-23(19(22(28)38)24-30-12-31-36(24)26)33-17-10-29-25(42-17)13-11-41-21-16(37)9-18(40-20(13)21)35-5-7-39-8-6-35/h9,13-15,17,19-21,23-26,29-34H,1-8,10-12,27H2,(H2,28,38)/p+1/t13?,14-,15+,17?,19?,20?,21?,23?,24?,25?,26?/m1/s1. The van der Waals surface area contributed by atoms with Crippen LogP contribution in [0.5, 0.6) is 0 Å². The Kier molecular flexibility index (Phi) is 8.91. The summed E-state index contributed by atoms with van der Waals surface area (Å²) in [6.07, 6.45) is 5.41. The summed E-state index contributed by atoms with van der Waals surface area (Å²) in [5.74, 6) is 1.05. The fourth-order valence-corrected chi connectivity index (χ4v) is 10.4. The van der Waals surface area contributed by atoms with Gasteiger partial charge in [-0.3, -0.25) is 30.9 Å². The number of primary amides is 1. The monoisotopic (exact) mass is 625 g/mol. The normalized spacial score (nSPS) is 44.4. The molecule has 42 heavy (non-hydrogen) atoms. The van der Waals surface area contributed by atoms with Crippen LogP contribution in [0.1, 0.15) is 25.7 Å². The third-order valence-electron chi connectivity index (χ3n) is 9.68. The summed E-state index contributed by atoms with van der Waals surface area (Å²) in [5, 5.41) is 20.4. The second-order valence-corrected chi connectivity index (χ2v) is 14.8. The van der Waals surface area contributed by atoms with E-state index in [1.807, 2.05) is 11.8 Å². The first-order valence-electron chi connectivity index (χ1n) is 15.4. The Balaban J connectivity index is 1.01. The number of quaternary nitrogens is 1. The van der Waals surface area contributed by atoms with Gasteiger partial charge in [-0.15, -0.1) is 23.5 Å². The molecule has 9 unspecified atom stereocenters. The number of carbonyl (C=O) groups is 2. The van der Waals surface area contributed by atoms with Gasteiger partial charge in [-0.25, -0.2) is 5.43 Å². The molecular formula is C26H45N10O4S2+. The molecule has 16 heteroatoms. The van der Waals surface area contributed by atoms with Gasteiger partial charge in [0.1, 0.15) is 17.6 Å². The Morgan fingerprint density at radius 3 is 2.81 bits per heavy atom. The van der Waals surface area contributed by atoms with Crippen molar-refractivity contribution in [2.75, 3.05) is 45.3 Å². The maximum atomic E-state index is 13.0. The number of carbonyl (C=O) groups excluding carboxylic acids is 2. The molecule has 1 aliphatic carbocycles. The quantitative estimate of drug-likeness (QED) is 0.140. The zero-order chi connectivity index (χ0) is 28.8. The summed E-state index contributed by atoms with van der Waals surface area (Å²) >= 11 is 3.52. The molecule has 5 saturated heterocycles. The second kappa shape index (κ2) is 12.7. The van der Waals surface area contributed by atoms with Crippen molar-refractivity contribution in [3.05, 3.63) is 12.0 Å². The number of thioether (sulfide) groups is 2. The first-order chi connectivity index (χ1) is 20.5. The number of nitrogens with one attached hydrogen (secondary N) is 6. The van der Waals surface area contributed by atoms with Gasteiger partial charge < -0.3 is 31.2 Å². The fourth-order valence-electron chi connectivity index (χ4n) is 7.41. The molecule has 234 valence electrons. The number of morpholine rings is 1. The molecule has 6 aliphatic heterocycles. The third-order valence-corrected chi connectivity index (χ3v) is 12.6. The summed E-state index contributed by atoms with van der Waals surface area (Å²) in [4.78, 5) is 28.0. The molecule has 0 radical (unpaired) electrons. The number of hydrogen-bond donors (Lipinski definition) is 8. The molecule has 6 heterocycles. The van der Waals surface area contributed by atoms with Crippen molar-refractivity contribution in [1.82, 2.24) is 41.9 Å². The highest BCUT2D eigenvalue weighted by Crippen LogP contribution is 2.44. The van der Waals surface area contributed by atoms with Crippen molar-refractivity contribution in [3.8, 4) is 0 Å². The molecule has 7 rings (SSSR count). The van der Waals surface area contributed by atoms with E-state index in [1.165, 1.54) is 12.8 Å². The van der Waals surface area contributed by atoms with Gasteiger partial charge in [-0.2, -0.15) is 5.01 Å². The molecule has 14 nitrogen and oxygen atoms in total. The van der Waals surface area contributed by atoms with E-state index in [4.69, 9.17) is 15.2 Å². The lowest BCUT2D eigenvalue weighted by molar-refractivity contribution is -0.431. The van der Waals surface area contributed by atoms with Crippen molar-refractivity contribution in [1.29, 1.82) is 0 Å². The van der Waals surface area contributed by atoms with Gasteiger partial charge >= 0.3 is 0 Å². The van der Waals surface area contributed by atoms with Gasteiger partial charge in [0.25, 0.3) is 0 Å². The van der Waals surface area contributed by atoms with E-state index in [-0.39, 0.29) is 58.3 Å². The SMILES string of the molecule is NC(=O)C1C(NC2CNC(C3CSC4C(=O)C=C(N5CCOCC5)OC43)S2)NC(N[C@H]2CCCC[C@H]2[NH3+])N2NCNC12. The summed E-state index contributed by atoms with van der Waals surface area (Å²) in [6.45, 7) is 4.07. The van der Waals surface area contributed by atoms with Crippen LogP contribution in [-0.2, 0) is 19.1 Å². The molecule has 11 atom stereocenters. The number of hydrazine groups is 1. The molecule has 1 saturated carbocycles. The lowest BCUT2D eigenvalue weighted by atomic mass is 9.91. The van der Waals surface area contributed by atoms with E-state index in [2.05, 4.69) is 47.7 Å². The van der Waals surface area contributed by atoms with Gasteiger partial charge in [0.15, 0.2) is 11.7 Å². The van der Waals surface area contributed by atoms with E-state index < -0.39 is 5.92 Å². The van der Waals surface area contributed by atoms with Gasteiger partial charge in [0, 0.05) is 43.8 Å². The predicted octanol–water partition coefficient (Wildman–Crippen LogP) is -3.41. The zero-order valence-corrected chi connectivity index (χ0v) is 25.5. The van der Waals surface area contributed by atoms with Gasteiger partial charge in [0.05, 0.1) is 61.0 Å². The third kappa shape index (κ3) is 5.80. The minimum absolute atomic E-state index is 0.0591. The Morgan fingerprint density at radius 2 is 2.00 bits per heavy atom. The Bertz CT molecular complexity index is 1050. The van der Waals surface area contributed by atoms with Gasteiger partial charge in [-0.05, 0) is 12.8 Å². The molecule has 0 spiro atoms. The molecule has 0 aromatic carbocycles. The summed E-state index contributed by atoms with van der Waals surface area (Å²) in [6, 6.07) is 0.658. The minimum atomic E-state index is -0.480. The van der Waals surface area contributed by atoms with Crippen molar-refractivity contribution in [2.45, 2.75) is 78.5 Å². The molecular weight excluding hydrogens is 580 g/mol. The summed E-state index contributed by atoms with van der Waals surface area (Å²) in [7, 11) is 0. The van der Waals surface area contributed by atoms with Crippen LogP contribution < -0.4 is 43.5 Å². The number of nitrogens with two attached hydrogens (primary N) is 1. The van der Waals surface area contributed by atoms with Crippen LogP contribution in [0.3, 0.4) is 0 Å². The Morgan fingerprint density at radius 1 is 1.17 bits per heavy atom. The minimum Gasteiger partial charge on any atom is -0.474 e. The van der Waals surface area contributed by atoms with Crippen LogP contribution in [0, 0.1) is 11.8 Å². The van der Waals surface area contributed by atoms with Crippen LogP contribution in [0.25, 0.3) is 0 Å². The zero-order valence-electron chi connectivity index (χ0n) is 23.8. The van der Waals surface area contributed by atoms with E-state index in [9.17, 15) is 9.59 Å². The number of fused-ring (bicyclic) bond motifs is 2. The van der Waals surface area contributed by atoms with Crippen molar-refractivity contribution in [2.24, 2.45) is 17.6 Å². The lowest BCUT2D eigenvalue weighted by Gasteiger charge is -2.47. The second-order valence-electron chi connectivity index (χ2n) is 12.3. The van der Waals surface area contributed by atoms with Crippen LogP contribution >= 0.6 is 23.5 Å². The summed E-state index contributed by atoms with van der Waals surface area (Å²) in [5.41, 5.74) is 13.8. The largest absolute Gasteiger partial charge is 0.474 e. The predicted molar refractivity (Wildman–Crippen MR) is 159 cm³/mol. The first kappa shape index (κ1) is 29.5. The van der Waals surface area contributed by atoms with E-state index in [0.717, 1.165) is 38.2 Å². The fraction of sp³-hybridized carbons (Fsp3) is 0.846. The van der Waals surface area contributed by atoms with Gasteiger partial charge in [-0.1, -0.05) is 6.42 Å². The lowest BCUT2D eigenvalue weighted by Crippen LogP contribution is -2.79. The molecule has 0 bridgehead atoms. The highest BCUT2D eigenvalue weighted by molar-refractivity contribution is 8.01. The maximum Gasteiger partial charge on any atom is 0.226 e. The smallest absolute Gasteiger partial charge is 0.226 e. The molecule has 6 fully saturated rings. The number of allylic oxidation sites excluding steroid dienone is 1. The number of ether oxygens (including phenoxy) is 2. The van der Waals surface area contributed by atoms with Crippen molar-refractivity contribution in [3.63, 3.8) is 0 Å². The number of ketones is 1. The van der Waals surface area contributed by atoms with Crippen molar-refractivity contribution >= 4 is 35.2 Å². The van der Waals surface area contributed by atoms with E-state index in [0.29, 0.717) is 37.8 Å². The number of hydrogen-bond acceptors (Lipinski definition) is 14. The Hall–Kier alpha value is -1.18. The first-order valence-corrected chi connectivity index (χ1v) is 17.4. The van der Waals surface area contributed by atoms with Crippen LogP contribution in [0.4, 0.5) is 0 Å². The van der Waals surface area contributed by atoms with Crippen molar-refractivity contribution < 1.29 is 24.8 Å². The Labute approximate surface area is 254 Å². The molecule has 1 amide bonds. The van der Waals surface area contributed by atoms with E-state index in [1.54, 1.807) is 17.8 Å². The van der Waals surface area contributed by atoms with Gasteiger partial charge in [0.2, 0.25) is 5.91 Å². The average Bonchev–Trinajstić information content (AvgIpc) is 3.75. The van der Waals surface area contributed by atoms with Crippen LogP contribution in [0.15, 0.2) is 12.0 Å². The number of nitrogens with zero attached hydrogens (tertiary/aromatic N) is 2. The highest BCUT2D eigenvalue weighted by atomic mass is 32.2. The number of amides is 1. The van der Waals surface area contributed by atoms with Crippen LogP contribution in [0.2, 0.25) is 0 Å². The molecule has 0 aromatic heterocycles. The van der Waals surface area contributed by atoms with Crippen LogP contribution in [-0.4, -0.2) is 120 Å². The summed E-state index contributed by atoms with van der Waals surface area (Å²) < 4.78 is 12.0.